The van der Waals surface area contributed by atoms with Gasteiger partial charge >= 0.3 is 0 Å². The van der Waals surface area contributed by atoms with Crippen LogP contribution in [-0.2, 0) is 6.42 Å². The zero-order chi connectivity index (χ0) is 12.1. The van der Waals surface area contributed by atoms with E-state index in [1.165, 1.54) is 17.7 Å². The molecular formula is C13H13FOS2. The summed E-state index contributed by atoms with van der Waals surface area (Å²) in [5, 5.41) is 13.9. The van der Waals surface area contributed by atoms with E-state index < -0.39 is 0 Å². The van der Waals surface area contributed by atoms with Crippen LogP contribution >= 0.6 is 23.1 Å². The van der Waals surface area contributed by atoms with Gasteiger partial charge in [-0.15, -0.1) is 11.8 Å². The molecule has 0 aliphatic rings. The standard InChI is InChI=1S/C13H13FOS2/c14-11-1-3-13(4-2-11)17-9-12(15)7-10-5-6-16-8-10/h1-6,8,12,15H,7,9H2. The Morgan fingerprint density at radius 2 is 2.00 bits per heavy atom. The van der Waals surface area contributed by atoms with E-state index in [4.69, 9.17) is 0 Å². The van der Waals surface area contributed by atoms with E-state index >= 15 is 0 Å². The fourth-order valence-electron chi connectivity index (χ4n) is 1.46. The van der Waals surface area contributed by atoms with Crippen LogP contribution in [0.5, 0.6) is 0 Å². The van der Waals surface area contributed by atoms with Crippen LogP contribution in [0.1, 0.15) is 5.56 Å². The highest BCUT2D eigenvalue weighted by molar-refractivity contribution is 7.99. The van der Waals surface area contributed by atoms with E-state index in [1.54, 1.807) is 35.2 Å². The highest BCUT2D eigenvalue weighted by Crippen LogP contribution is 2.20. The number of benzene rings is 1. The molecule has 1 atom stereocenters. The van der Waals surface area contributed by atoms with E-state index in [9.17, 15) is 9.50 Å². The van der Waals surface area contributed by atoms with Crippen LogP contribution in [0.15, 0.2) is 46.0 Å². The molecule has 0 aliphatic heterocycles. The van der Waals surface area contributed by atoms with Crippen molar-refractivity contribution in [2.75, 3.05) is 5.75 Å². The smallest absolute Gasteiger partial charge is 0.123 e. The topological polar surface area (TPSA) is 20.2 Å². The first kappa shape index (κ1) is 12.6. The van der Waals surface area contributed by atoms with Crippen LogP contribution in [0.25, 0.3) is 0 Å². The molecule has 1 heterocycles. The summed E-state index contributed by atoms with van der Waals surface area (Å²) in [6, 6.07) is 8.37. The van der Waals surface area contributed by atoms with Gasteiger partial charge in [0.25, 0.3) is 0 Å². The lowest BCUT2D eigenvalue weighted by Gasteiger charge is -2.09. The average molecular weight is 268 g/mol. The van der Waals surface area contributed by atoms with Crippen LogP contribution < -0.4 is 0 Å². The first-order valence-corrected chi connectivity index (χ1v) is 7.24. The average Bonchev–Trinajstić information content (AvgIpc) is 2.81. The van der Waals surface area contributed by atoms with E-state index in [0.29, 0.717) is 12.2 Å². The first-order valence-electron chi connectivity index (χ1n) is 5.31. The molecule has 0 aliphatic carbocycles. The van der Waals surface area contributed by atoms with Crippen molar-refractivity contribution in [2.24, 2.45) is 0 Å². The lowest BCUT2D eigenvalue weighted by atomic mass is 10.2. The van der Waals surface area contributed by atoms with Crippen molar-refractivity contribution >= 4 is 23.1 Å². The predicted octanol–water partition coefficient (Wildman–Crippen LogP) is 3.58. The number of aliphatic hydroxyl groups is 1. The van der Waals surface area contributed by atoms with Crippen LogP contribution in [-0.4, -0.2) is 17.0 Å². The SMILES string of the molecule is OC(CSc1ccc(F)cc1)Cc1ccsc1. The summed E-state index contributed by atoms with van der Waals surface area (Å²) in [4.78, 5) is 0.982. The third-order valence-corrected chi connectivity index (χ3v) is 4.20. The predicted molar refractivity (Wildman–Crippen MR) is 71.2 cm³/mol. The molecule has 1 unspecified atom stereocenters. The zero-order valence-corrected chi connectivity index (χ0v) is 10.8. The number of thiophene rings is 1. The van der Waals surface area contributed by atoms with Crippen molar-refractivity contribution in [1.29, 1.82) is 0 Å². The Morgan fingerprint density at radius 3 is 2.65 bits per heavy atom. The van der Waals surface area contributed by atoms with Crippen molar-refractivity contribution < 1.29 is 9.50 Å². The number of thioether (sulfide) groups is 1. The second-order valence-corrected chi connectivity index (χ2v) is 5.63. The first-order chi connectivity index (χ1) is 8.24. The molecule has 1 nitrogen and oxygen atoms in total. The Labute approximate surface area is 108 Å². The fourth-order valence-corrected chi connectivity index (χ4v) is 2.98. The molecule has 0 fully saturated rings. The van der Waals surface area contributed by atoms with E-state index in [1.807, 2.05) is 16.8 Å². The number of hydrogen-bond donors (Lipinski definition) is 1. The summed E-state index contributed by atoms with van der Waals surface area (Å²) < 4.78 is 12.7. The third kappa shape index (κ3) is 4.15. The molecule has 1 aromatic heterocycles. The third-order valence-electron chi connectivity index (χ3n) is 2.31. The minimum absolute atomic E-state index is 0.229. The van der Waals surface area contributed by atoms with Gasteiger partial charge < -0.3 is 5.11 Å². The van der Waals surface area contributed by atoms with Gasteiger partial charge in [0.2, 0.25) is 0 Å². The van der Waals surface area contributed by atoms with Crippen LogP contribution in [0, 0.1) is 5.82 Å². The second kappa shape index (κ2) is 6.19. The molecule has 17 heavy (non-hydrogen) atoms. The Hall–Kier alpha value is -0.840. The maximum absolute atomic E-state index is 12.7. The minimum Gasteiger partial charge on any atom is -0.392 e. The summed E-state index contributed by atoms with van der Waals surface area (Å²) in [7, 11) is 0. The van der Waals surface area contributed by atoms with Gasteiger partial charge in [0, 0.05) is 10.6 Å². The molecule has 0 bridgehead atoms. The normalized spacial score (nSPS) is 12.6. The number of rotatable bonds is 5. The molecule has 0 amide bonds. The quantitative estimate of drug-likeness (QED) is 0.836. The largest absolute Gasteiger partial charge is 0.392 e. The molecule has 2 rings (SSSR count). The van der Waals surface area contributed by atoms with Crippen molar-refractivity contribution in [3.8, 4) is 0 Å². The Balaban J connectivity index is 1.79. The van der Waals surface area contributed by atoms with E-state index in [-0.39, 0.29) is 11.9 Å². The van der Waals surface area contributed by atoms with Crippen molar-refractivity contribution in [3.05, 3.63) is 52.5 Å². The maximum Gasteiger partial charge on any atom is 0.123 e. The summed E-state index contributed by atoms with van der Waals surface area (Å²) in [5.41, 5.74) is 1.17. The molecule has 4 heteroatoms. The van der Waals surface area contributed by atoms with Crippen molar-refractivity contribution in [3.63, 3.8) is 0 Å². The number of aliphatic hydroxyl groups excluding tert-OH is 1. The van der Waals surface area contributed by atoms with Gasteiger partial charge in [0.05, 0.1) is 6.10 Å². The molecule has 1 N–H and O–H groups in total. The van der Waals surface area contributed by atoms with Gasteiger partial charge in [-0.05, 0) is 53.1 Å². The summed E-state index contributed by atoms with van der Waals surface area (Å²) in [5.74, 6) is 0.398. The second-order valence-electron chi connectivity index (χ2n) is 3.75. The summed E-state index contributed by atoms with van der Waals surface area (Å²) in [6.45, 7) is 0. The summed E-state index contributed by atoms with van der Waals surface area (Å²) in [6.07, 6.45) is 0.317. The van der Waals surface area contributed by atoms with Crippen molar-refractivity contribution in [2.45, 2.75) is 17.4 Å². The van der Waals surface area contributed by atoms with Gasteiger partial charge in [0.15, 0.2) is 0 Å². The van der Waals surface area contributed by atoms with Gasteiger partial charge in [-0.25, -0.2) is 4.39 Å². The molecular weight excluding hydrogens is 255 g/mol. The number of halogens is 1. The summed E-state index contributed by atoms with van der Waals surface area (Å²) >= 11 is 3.18. The maximum atomic E-state index is 12.7. The van der Waals surface area contributed by atoms with Gasteiger partial charge in [0.1, 0.15) is 5.82 Å². The highest BCUT2D eigenvalue weighted by Gasteiger charge is 2.06. The Bertz CT molecular complexity index is 439. The van der Waals surface area contributed by atoms with Crippen LogP contribution in [0.4, 0.5) is 4.39 Å². The van der Waals surface area contributed by atoms with Crippen LogP contribution in [0.3, 0.4) is 0 Å². The monoisotopic (exact) mass is 268 g/mol. The Kier molecular flexibility index (Phi) is 4.59. The Morgan fingerprint density at radius 1 is 1.24 bits per heavy atom. The fraction of sp³-hybridized carbons (Fsp3) is 0.231. The lowest BCUT2D eigenvalue weighted by Crippen LogP contribution is -2.12. The van der Waals surface area contributed by atoms with Crippen LogP contribution in [0.2, 0.25) is 0 Å². The van der Waals surface area contributed by atoms with Gasteiger partial charge in [-0.1, -0.05) is 0 Å². The molecule has 90 valence electrons. The molecule has 0 radical (unpaired) electrons. The van der Waals surface area contributed by atoms with Gasteiger partial charge in [-0.2, -0.15) is 11.3 Å². The van der Waals surface area contributed by atoms with Gasteiger partial charge in [-0.3, -0.25) is 0 Å². The molecule has 2 aromatic rings. The zero-order valence-electron chi connectivity index (χ0n) is 9.17. The van der Waals surface area contributed by atoms with E-state index in [0.717, 1.165) is 4.90 Å². The lowest BCUT2D eigenvalue weighted by molar-refractivity contribution is 0.200. The van der Waals surface area contributed by atoms with E-state index in [2.05, 4.69) is 0 Å². The minimum atomic E-state index is -0.361. The number of hydrogen-bond acceptors (Lipinski definition) is 3. The highest BCUT2D eigenvalue weighted by atomic mass is 32.2. The molecule has 0 saturated heterocycles. The molecule has 1 aromatic carbocycles. The van der Waals surface area contributed by atoms with Crippen molar-refractivity contribution in [1.82, 2.24) is 0 Å². The molecule has 0 spiro atoms. The molecule has 0 saturated carbocycles.